The third-order valence-corrected chi connectivity index (χ3v) is 5.80. The van der Waals surface area contributed by atoms with Crippen LogP contribution >= 0.6 is 12.4 Å². The van der Waals surface area contributed by atoms with E-state index in [4.69, 9.17) is 0 Å². The smallest absolute Gasteiger partial charge is 0.249 e. The van der Waals surface area contributed by atoms with Gasteiger partial charge in [-0.05, 0) is 37.5 Å². The van der Waals surface area contributed by atoms with Crippen LogP contribution in [0.1, 0.15) is 29.9 Å². The van der Waals surface area contributed by atoms with Gasteiger partial charge in [0.25, 0.3) is 0 Å². The van der Waals surface area contributed by atoms with E-state index in [9.17, 15) is 9.59 Å². The van der Waals surface area contributed by atoms with Gasteiger partial charge in [0.05, 0.1) is 12.1 Å². The molecule has 156 valence electrons. The van der Waals surface area contributed by atoms with Crippen molar-refractivity contribution >= 4 is 29.9 Å². The Bertz CT molecular complexity index is 866. The lowest BCUT2D eigenvalue weighted by molar-refractivity contribution is -0.130. The summed E-state index contributed by atoms with van der Waals surface area (Å²) in [5, 5.41) is 10.6. The van der Waals surface area contributed by atoms with E-state index in [-0.39, 0.29) is 36.1 Å². The zero-order valence-electron chi connectivity index (χ0n) is 16.8. The second-order valence-electron chi connectivity index (χ2n) is 7.85. The first-order valence-electron chi connectivity index (χ1n) is 9.90. The van der Waals surface area contributed by atoms with Crippen molar-refractivity contribution in [3.05, 3.63) is 47.8 Å². The van der Waals surface area contributed by atoms with Crippen LogP contribution in [0.5, 0.6) is 0 Å². The molecule has 0 aliphatic carbocycles. The molecular weight excluding hydrogens is 390 g/mol. The predicted octanol–water partition coefficient (Wildman–Crippen LogP) is 1.77. The molecule has 2 aliphatic heterocycles. The number of nitrogens with one attached hydrogen (secondary N) is 2. The van der Waals surface area contributed by atoms with Gasteiger partial charge in [0.1, 0.15) is 6.04 Å². The quantitative estimate of drug-likeness (QED) is 0.794. The largest absolute Gasteiger partial charge is 0.344 e. The molecule has 0 bridgehead atoms. The molecule has 2 saturated heterocycles. The van der Waals surface area contributed by atoms with Gasteiger partial charge in [0.15, 0.2) is 0 Å². The van der Waals surface area contributed by atoms with Crippen LogP contribution < -0.4 is 15.5 Å². The molecule has 29 heavy (non-hydrogen) atoms. The van der Waals surface area contributed by atoms with Crippen LogP contribution in [-0.4, -0.2) is 47.3 Å². The summed E-state index contributed by atoms with van der Waals surface area (Å²) in [6, 6.07) is 7.49. The van der Waals surface area contributed by atoms with Gasteiger partial charge in [-0.2, -0.15) is 5.10 Å². The van der Waals surface area contributed by atoms with Crippen LogP contribution in [0.25, 0.3) is 0 Å². The normalized spacial score (nSPS) is 24.3. The number of carbonyl (C=O) groups excluding carboxylic acids is 2. The number of benzene rings is 1. The van der Waals surface area contributed by atoms with Crippen LogP contribution in [0.3, 0.4) is 0 Å². The maximum absolute atomic E-state index is 13.0. The molecule has 3 atom stereocenters. The second kappa shape index (κ2) is 8.97. The van der Waals surface area contributed by atoms with E-state index in [2.05, 4.69) is 15.7 Å². The molecule has 1 aromatic heterocycles. The minimum atomic E-state index is -0.460. The zero-order chi connectivity index (χ0) is 19.7. The monoisotopic (exact) mass is 417 g/mol. The predicted molar refractivity (Wildman–Crippen MR) is 114 cm³/mol. The van der Waals surface area contributed by atoms with Gasteiger partial charge >= 0.3 is 0 Å². The van der Waals surface area contributed by atoms with Crippen molar-refractivity contribution in [3.63, 3.8) is 0 Å². The standard InChI is InChI=1S/C21H27N5O2.ClH/c1-14-5-7-16(8-6-14)26-9-3-4-19(21(26)28)24-20(27)18-12-22-11-17(18)15-10-23-25(2)13-15;/h5-8,10,13,17-19,22H,3-4,9,11-12H2,1-2H3,(H,24,27);1H/t17-,18+,19?;/m1./s1. The molecule has 0 radical (unpaired) electrons. The number of piperidine rings is 1. The summed E-state index contributed by atoms with van der Waals surface area (Å²) < 4.78 is 1.76. The van der Waals surface area contributed by atoms with Crippen molar-refractivity contribution in [2.24, 2.45) is 13.0 Å². The molecule has 4 rings (SSSR count). The Morgan fingerprint density at radius 3 is 2.69 bits per heavy atom. The van der Waals surface area contributed by atoms with E-state index in [1.807, 2.05) is 50.6 Å². The SMILES string of the molecule is Cc1ccc(N2CCCC(NC(=O)[C@H]3CNC[C@@H]3c3cnn(C)c3)C2=O)cc1.Cl. The molecule has 2 amide bonds. The summed E-state index contributed by atoms with van der Waals surface area (Å²) in [7, 11) is 1.88. The Morgan fingerprint density at radius 2 is 2.00 bits per heavy atom. The molecule has 0 saturated carbocycles. The number of hydrogen-bond acceptors (Lipinski definition) is 4. The van der Waals surface area contributed by atoms with Gasteiger partial charge in [-0.15, -0.1) is 12.4 Å². The summed E-state index contributed by atoms with van der Waals surface area (Å²) in [4.78, 5) is 27.8. The van der Waals surface area contributed by atoms with Crippen LogP contribution in [0, 0.1) is 12.8 Å². The Balaban J connectivity index is 0.00000240. The molecular formula is C21H28ClN5O2. The number of rotatable bonds is 4. The van der Waals surface area contributed by atoms with Gasteiger partial charge in [-0.25, -0.2) is 0 Å². The fourth-order valence-electron chi connectivity index (χ4n) is 4.21. The van der Waals surface area contributed by atoms with E-state index in [0.717, 1.165) is 29.8 Å². The highest BCUT2D eigenvalue weighted by atomic mass is 35.5. The molecule has 8 heteroatoms. The van der Waals surface area contributed by atoms with Crippen molar-refractivity contribution in [2.75, 3.05) is 24.5 Å². The number of carbonyl (C=O) groups is 2. The van der Waals surface area contributed by atoms with Crippen molar-refractivity contribution in [3.8, 4) is 0 Å². The number of aryl methyl sites for hydroxylation is 2. The Hall–Kier alpha value is -2.38. The van der Waals surface area contributed by atoms with Crippen molar-refractivity contribution in [2.45, 2.75) is 31.7 Å². The Morgan fingerprint density at radius 1 is 1.24 bits per heavy atom. The van der Waals surface area contributed by atoms with Crippen molar-refractivity contribution in [1.29, 1.82) is 0 Å². The van der Waals surface area contributed by atoms with E-state index in [1.54, 1.807) is 9.58 Å². The number of hydrogen-bond donors (Lipinski definition) is 2. The lowest BCUT2D eigenvalue weighted by Crippen LogP contribution is -2.54. The minimum Gasteiger partial charge on any atom is -0.344 e. The lowest BCUT2D eigenvalue weighted by Gasteiger charge is -2.33. The van der Waals surface area contributed by atoms with Gasteiger partial charge < -0.3 is 15.5 Å². The van der Waals surface area contributed by atoms with E-state index in [1.165, 1.54) is 0 Å². The summed E-state index contributed by atoms with van der Waals surface area (Å²) in [5.41, 5.74) is 3.11. The van der Waals surface area contributed by atoms with Crippen molar-refractivity contribution < 1.29 is 9.59 Å². The van der Waals surface area contributed by atoms with Crippen LogP contribution in [0.15, 0.2) is 36.7 Å². The van der Waals surface area contributed by atoms with Gasteiger partial charge in [-0.1, -0.05) is 17.7 Å². The number of aromatic nitrogens is 2. The molecule has 0 spiro atoms. The second-order valence-corrected chi connectivity index (χ2v) is 7.85. The molecule has 2 aromatic rings. The fraction of sp³-hybridized carbons (Fsp3) is 0.476. The van der Waals surface area contributed by atoms with E-state index >= 15 is 0 Å². The molecule has 1 unspecified atom stereocenters. The fourth-order valence-corrected chi connectivity index (χ4v) is 4.21. The Kier molecular flexibility index (Phi) is 6.59. The maximum Gasteiger partial charge on any atom is 0.249 e. The summed E-state index contributed by atoms with van der Waals surface area (Å²) in [6.07, 6.45) is 5.34. The first-order chi connectivity index (χ1) is 13.5. The summed E-state index contributed by atoms with van der Waals surface area (Å²) in [5.74, 6) is -0.178. The molecule has 2 fully saturated rings. The lowest BCUT2D eigenvalue weighted by atomic mass is 9.89. The molecule has 2 N–H and O–H groups in total. The third-order valence-electron chi connectivity index (χ3n) is 5.80. The first kappa shape index (κ1) is 21.3. The van der Waals surface area contributed by atoms with Gasteiger partial charge in [0, 0.05) is 44.5 Å². The molecule has 1 aromatic carbocycles. The zero-order valence-corrected chi connectivity index (χ0v) is 17.6. The van der Waals surface area contributed by atoms with Gasteiger partial charge in [-0.3, -0.25) is 14.3 Å². The first-order valence-corrected chi connectivity index (χ1v) is 9.90. The summed E-state index contributed by atoms with van der Waals surface area (Å²) in [6.45, 7) is 4.09. The summed E-state index contributed by atoms with van der Waals surface area (Å²) >= 11 is 0. The average Bonchev–Trinajstić information content (AvgIpc) is 3.33. The molecule has 2 aliphatic rings. The van der Waals surface area contributed by atoms with E-state index in [0.29, 0.717) is 19.5 Å². The topological polar surface area (TPSA) is 79.3 Å². The average molecular weight is 418 g/mol. The number of halogens is 1. The highest BCUT2D eigenvalue weighted by Crippen LogP contribution is 2.29. The Labute approximate surface area is 177 Å². The third kappa shape index (κ3) is 4.46. The van der Waals surface area contributed by atoms with Crippen molar-refractivity contribution in [1.82, 2.24) is 20.4 Å². The van der Waals surface area contributed by atoms with E-state index < -0.39 is 6.04 Å². The minimum absolute atomic E-state index is 0. The number of amides is 2. The highest BCUT2D eigenvalue weighted by molar-refractivity contribution is 6.00. The molecule has 3 heterocycles. The van der Waals surface area contributed by atoms with Crippen LogP contribution in [-0.2, 0) is 16.6 Å². The van der Waals surface area contributed by atoms with Gasteiger partial charge in [0.2, 0.25) is 11.8 Å². The number of anilines is 1. The highest BCUT2D eigenvalue weighted by Gasteiger charge is 2.38. The number of nitrogens with zero attached hydrogens (tertiary/aromatic N) is 3. The van der Waals surface area contributed by atoms with Crippen LogP contribution in [0.2, 0.25) is 0 Å². The maximum atomic E-state index is 13.0. The van der Waals surface area contributed by atoms with Crippen LogP contribution in [0.4, 0.5) is 5.69 Å². The molecule has 7 nitrogen and oxygen atoms in total.